The van der Waals surface area contributed by atoms with Gasteiger partial charge in [-0.15, -0.1) is 23.1 Å². The second kappa shape index (κ2) is 14.7. The third kappa shape index (κ3) is 8.56. The van der Waals surface area contributed by atoms with E-state index in [1.165, 1.54) is 28.7 Å². The quantitative estimate of drug-likeness (QED) is 0.107. The number of aryl methyl sites for hydroxylation is 2. The fourth-order valence-corrected chi connectivity index (χ4v) is 5.90. The fraction of sp³-hybridized carbons (Fsp3) is 0.111. The molecule has 1 unspecified atom stereocenters. The molecular formula is C36H32N4O3S2. The number of aromatic nitrogens is 1. The second-order valence-corrected chi connectivity index (χ2v) is 12.6. The van der Waals surface area contributed by atoms with E-state index in [4.69, 9.17) is 0 Å². The summed E-state index contributed by atoms with van der Waals surface area (Å²) in [5.74, 6) is -0.986. The SMILES string of the molecule is Cc1ccc(-c2csc(NC(=O)C(C)Sc3ccc(NC(=O)/C(=C/c4ccccc4C)NC(=O)c4ccccc4)cc3)n2)cc1. The molecule has 226 valence electrons. The monoisotopic (exact) mass is 632 g/mol. The van der Waals surface area contributed by atoms with Crippen molar-refractivity contribution in [2.75, 3.05) is 10.6 Å². The van der Waals surface area contributed by atoms with Crippen LogP contribution in [-0.4, -0.2) is 28.0 Å². The lowest BCUT2D eigenvalue weighted by atomic mass is 10.1. The number of amides is 3. The van der Waals surface area contributed by atoms with Gasteiger partial charge in [0.1, 0.15) is 5.70 Å². The average Bonchev–Trinajstić information content (AvgIpc) is 3.51. The largest absolute Gasteiger partial charge is 0.321 e. The Morgan fingerprint density at radius 1 is 0.822 bits per heavy atom. The summed E-state index contributed by atoms with van der Waals surface area (Å²) in [5, 5.41) is 10.7. The van der Waals surface area contributed by atoms with Crippen LogP contribution in [0.25, 0.3) is 17.3 Å². The van der Waals surface area contributed by atoms with Gasteiger partial charge in [-0.1, -0.05) is 72.3 Å². The van der Waals surface area contributed by atoms with Crippen molar-refractivity contribution >= 4 is 57.7 Å². The molecule has 5 aromatic rings. The van der Waals surface area contributed by atoms with Gasteiger partial charge in [0.25, 0.3) is 11.8 Å². The number of anilines is 2. The minimum Gasteiger partial charge on any atom is -0.321 e. The van der Waals surface area contributed by atoms with Gasteiger partial charge in [0, 0.05) is 27.1 Å². The summed E-state index contributed by atoms with van der Waals surface area (Å²) in [6.07, 6.45) is 1.67. The highest BCUT2D eigenvalue weighted by Crippen LogP contribution is 2.28. The molecule has 45 heavy (non-hydrogen) atoms. The van der Waals surface area contributed by atoms with Crippen LogP contribution in [0.2, 0.25) is 0 Å². The lowest BCUT2D eigenvalue weighted by Gasteiger charge is -2.13. The molecular weight excluding hydrogens is 601 g/mol. The summed E-state index contributed by atoms with van der Waals surface area (Å²) in [6.45, 7) is 5.81. The lowest BCUT2D eigenvalue weighted by molar-refractivity contribution is -0.115. The van der Waals surface area contributed by atoms with E-state index >= 15 is 0 Å². The van der Waals surface area contributed by atoms with E-state index in [-0.39, 0.29) is 22.8 Å². The molecule has 0 radical (unpaired) electrons. The Balaban J connectivity index is 1.21. The third-order valence-corrected chi connectivity index (χ3v) is 8.76. The van der Waals surface area contributed by atoms with Crippen molar-refractivity contribution in [1.29, 1.82) is 0 Å². The molecule has 0 aliphatic carbocycles. The fourth-order valence-electron chi connectivity index (χ4n) is 4.31. The molecule has 7 nitrogen and oxygen atoms in total. The number of carbonyl (C=O) groups is 3. The predicted octanol–water partition coefficient (Wildman–Crippen LogP) is 7.96. The van der Waals surface area contributed by atoms with Gasteiger partial charge >= 0.3 is 0 Å². The summed E-state index contributed by atoms with van der Waals surface area (Å²) in [7, 11) is 0. The van der Waals surface area contributed by atoms with Crippen LogP contribution in [0.15, 0.2) is 119 Å². The van der Waals surface area contributed by atoms with E-state index in [1.54, 1.807) is 42.5 Å². The molecule has 3 N–H and O–H groups in total. The molecule has 1 atom stereocenters. The van der Waals surface area contributed by atoms with Crippen LogP contribution in [-0.2, 0) is 9.59 Å². The van der Waals surface area contributed by atoms with Crippen molar-refractivity contribution in [3.63, 3.8) is 0 Å². The Hall–Kier alpha value is -4.99. The Kier molecular flexibility index (Phi) is 10.2. The number of thioether (sulfide) groups is 1. The lowest BCUT2D eigenvalue weighted by Crippen LogP contribution is -2.30. The maximum absolute atomic E-state index is 13.4. The number of rotatable bonds is 10. The molecule has 0 aliphatic heterocycles. The minimum atomic E-state index is -0.455. The van der Waals surface area contributed by atoms with Crippen LogP contribution in [0.3, 0.4) is 0 Å². The number of benzene rings is 4. The number of carbonyl (C=O) groups excluding carboxylic acids is 3. The van der Waals surface area contributed by atoms with Crippen LogP contribution in [0, 0.1) is 13.8 Å². The maximum atomic E-state index is 13.4. The van der Waals surface area contributed by atoms with Crippen LogP contribution >= 0.6 is 23.1 Å². The van der Waals surface area contributed by atoms with E-state index < -0.39 is 5.91 Å². The smallest absolute Gasteiger partial charge is 0.272 e. The highest BCUT2D eigenvalue weighted by atomic mass is 32.2. The van der Waals surface area contributed by atoms with Crippen molar-refractivity contribution in [1.82, 2.24) is 10.3 Å². The Morgan fingerprint density at radius 2 is 1.51 bits per heavy atom. The van der Waals surface area contributed by atoms with Gasteiger partial charge in [0.15, 0.2) is 5.13 Å². The van der Waals surface area contributed by atoms with E-state index in [2.05, 4.69) is 20.9 Å². The molecule has 0 bridgehead atoms. The molecule has 1 aromatic heterocycles. The first-order valence-corrected chi connectivity index (χ1v) is 16.1. The van der Waals surface area contributed by atoms with Crippen molar-refractivity contribution in [3.05, 3.63) is 136 Å². The van der Waals surface area contributed by atoms with Gasteiger partial charge in [-0.05, 0) is 74.4 Å². The molecule has 3 amide bonds. The van der Waals surface area contributed by atoms with E-state index in [9.17, 15) is 14.4 Å². The van der Waals surface area contributed by atoms with Crippen LogP contribution in [0.4, 0.5) is 10.8 Å². The highest BCUT2D eigenvalue weighted by Gasteiger charge is 2.18. The van der Waals surface area contributed by atoms with Crippen LogP contribution in [0.5, 0.6) is 0 Å². The van der Waals surface area contributed by atoms with Gasteiger partial charge in [-0.25, -0.2) is 4.98 Å². The van der Waals surface area contributed by atoms with Gasteiger partial charge in [0.05, 0.1) is 10.9 Å². The number of nitrogens with zero attached hydrogens (tertiary/aromatic N) is 1. The Bertz CT molecular complexity index is 1830. The molecule has 0 saturated carbocycles. The van der Waals surface area contributed by atoms with Gasteiger partial charge < -0.3 is 16.0 Å². The predicted molar refractivity (Wildman–Crippen MR) is 184 cm³/mol. The van der Waals surface area contributed by atoms with E-state index in [1.807, 2.05) is 92.9 Å². The number of hydrogen-bond donors (Lipinski definition) is 3. The van der Waals surface area contributed by atoms with Gasteiger partial charge in [0.2, 0.25) is 5.91 Å². The van der Waals surface area contributed by atoms with Crippen molar-refractivity contribution in [3.8, 4) is 11.3 Å². The molecule has 9 heteroatoms. The first-order chi connectivity index (χ1) is 21.7. The summed E-state index contributed by atoms with van der Waals surface area (Å²) >= 11 is 2.79. The zero-order valence-electron chi connectivity index (χ0n) is 25.0. The zero-order chi connectivity index (χ0) is 31.8. The third-order valence-electron chi connectivity index (χ3n) is 6.89. The van der Waals surface area contributed by atoms with E-state index in [0.717, 1.165) is 27.3 Å². The second-order valence-electron chi connectivity index (χ2n) is 10.4. The van der Waals surface area contributed by atoms with E-state index in [0.29, 0.717) is 16.4 Å². The Labute approximate surface area is 270 Å². The Morgan fingerprint density at radius 3 is 2.22 bits per heavy atom. The summed E-state index contributed by atoms with van der Waals surface area (Å²) in [6, 6.07) is 31.7. The maximum Gasteiger partial charge on any atom is 0.272 e. The van der Waals surface area contributed by atoms with Crippen molar-refractivity contribution in [2.24, 2.45) is 0 Å². The summed E-state index contributed by atoms with van der Waals surface area (Å²) in [5.41, 5.74) is 5.91. The molecule has 0 spiro atoms. The van der Waals surface area contributed by atoms with Crippen LogP contribution < -0.4 is 16.0 Å². The molecule has 5 rings (SSSR count). The minimum absolute atomic E-state index is 0.120. The molecule has 0 saturated heterocycles. The zero-order valence-corrected chi connectivity index (χ0v) is 26.7. The highest BCUT2D eigenvalue weighted by molar-refractivity contribution is 8.00. The summed E-state index contributed by atoms with van der Waals surface area (Å²) < 4.78 is 0. The first-order valence-electron chi connectivity index (χ1n) is 14.3. The molecule has 4 aromatic carbocycles. The standard InChI is InChI=1S/C36H32N4O3S2/c1-23-13-15-26(16-14-23)32-22-44-36(39-32)40-33(41)25(3)45-30-19-17-29(18-20-30)37-35(43)31(21-28-12-8-7-9-24(28)2)38-34(42)27-10-5-4-6-11-27/h4-22,25H,1-3H3,(H,37,43)(H,38,42)(H,39,40,41)/b31-21-. The van der Waals surface area contributed by atoms with Crippen molar-refractivity contribution in [2.45, 2.75) is 30.9 Å². The first kappa shape index (κ1) is 31.4. The van der Waals surface area contributed by atoms with Gasteiger partial charge in [-0.3, -0.25) is 14.4 Å². The van der Waals surface area contributed by atoms with Gasteiger partial charge in [-0.2, -0.15) is 0 Å². The average molecular weight is 633 g/mol. The number of nitrogens with one attached hydrogen (secondary N) is 3. The number of hydrogen-bond acceptors (Lipinski definition) is 6. The molecule has 0 fully saturated rings. The van der Waals surface area contributed by atoms with Crippen molar-refractivity contribution < 1.29 is 14.4 Å². The normalized spacial score (nSPS) is 11.8. The summed E-state index contributed by atoms with van der Waals surface area (Å²) in [4.78, 5) is 44.6. The molecule has 1 heterocycles. The topological polar surface area (TPSA) is 100 Å². The van der Waals surface area contributed by atoms with Crippen LogP contribution in [0.1, 0.15) is 34.0 Å². The molecule has 0 aliphatic rings. The number of thiazole rings is 1.